The molecule has 3 nitrogen and oxygen atoms in total. The van der Waals surface area contributed by atoms with E-state index in [1.165, 1.54) is 4.57 Å². The van der Waals surface area contributed by atoms with E-state index in [1.54, 1.807) is 6.20 Å². The predicted molar refractivity (Wildman–Crippen MR) is 38.5 cm³/mol. The molecular formula is C7H10N2O. The van der Waals surface area contributed by atoms with Crippen molar-refractivity contribution < 1.29 is 4.79 Å². The average Bonchev–Trinajstić information content (AvgIpc) is 2.30. The third-order valence-electron chi connectivity index (χ3n) is 1.36. The summed E-state index contributed by atoms with van der Waals surface area (Å²) in [6.45, 7) is 3.85. The highest BCUT2D eigenvalue weighted by molar-refractivity contribution is 5.53. The lowest BCUT2D eigenvalue weighted by atomic mass is 10.5. The second kappa shape index (κ2) is 2.64. The second-order valence-electron chi connectivity index (χ2n) is 2.16. The van der Waals surface area contributed by atoms with Crippen LogP contribution in [-0.4, -0.2) is 16.0 Å². The number of aryl methyl sites for hydroxylation is 2. The van der Waals surface area contributed by atoms with Gasteiger partial charge in [-0.1, -0.05) is 6.92 Å². The molecule has 0 saturated carbocycles. The van der Waals surface area contributed by atoms with Crippen molar-refractivity contribution in [1.29, 1.82) is 0 Å². The molecule has 0 atom stereocenters. The van der Waals surface area contributed by atoms with E-state index in [-0.39, 0.29) is 0 Å². The molecule has 0 spiro atoms. The van der Waals surface area contributed by atoms with Crippen LogP contribution in [0.5, 0.6) is 0 Å². The van der Waals surface area contributed by atoms with Crippen molar-refractivity contribution in [2.24, 2.45) is 0 Å². The average molecular weight is 138 g/mol. The van der Waals surface area contributed by atoms with Gasteiger partial charge in [-0.2, -0.15) is 0 Å². The van der Waals surface area contributed by atoms with E-state index in [0.717, 1.165) is 24.3 Å². The Kier molecular flexibility index (Phi) is 1.85. The third-order valence-corrected chi connectivity index (χ3v) is 1.36. The van der Waals surface area contributed by atoms with Crippen LogP contribution in [0.4, 0.5) is 0 Å². The Hall–Kier alpha value is -1.12. The minimum atomic E-state index is 0.777. The maximum absolute atomic E-state index is 10.3. The summed E-state index contributed by atoms with van der Waals surface area (Å²) in [6.07, 6.45) is 3.30. The molecule has 0 aliphatic rings. The predicted octanol–water partition coefficient (Wildman–Crippen LogP) is 0.792. The Morgan fingerprint density at radius 3 is 2.90 bits per heavy atom. The van der Waals surface area contributed by atoms with Crippen LogP contribution in [0.25, 0.3) is 0 Å². The maximum Gasteiger partial charge on any atom is 0.219 e. The summed E-state index contributed by atoms with van der Waals surface area (Å²) in [5, 5.41) is 0. The molecule has 0 saturated heterocycles. The number of imidazole rings is 1. The molecule has 0 unspecified atom stereocenters. The van der Waals surface area contributed by atoms with Gasteiger partial charge in [0.25, 0.3) is 0 Å². The van der Waals surface area contributed by atoms with E-state index in [2.05, 4.69) is 4.98 Å². The van der Waals surface area contributed by atoms with E-state index in [0.29, 0.717) is 0 Å². The minimum absolute atomic E-state index is 0.777. The standard InChI is InChI=1S/C7H10N2O/c1-3-7-8-6(2)4-9(7)5-10/h4-5H,3H2,1-2H3. The van der Waals surface area contributed by atoms with Crippen LogP contribution in [0, 0.1) is 6.92 Å². The molecule has 10 heavy (non-hydrogen) atoms. The smallest absolute Gasteiger partial charge is 0.219 e. The molecule has 0 fully saturated rings. The van der Waals surface area contributed by atoms with Crippen LogP contribution in [0.2, 0.25) is 0 Å². The van der Waals surface area contributed by atoms with Gasteiger partial charge in [-0.25, -0.2) is 4.98 Å². The fraction of sp³-hybridized carbons (Fsp3) is 0.429. The molecule has 1 heterocycles. The first-order valence-corrected chi connectivity index (χ1v) is 3.27. The van der Waals surface area contributed by atoms with Gasteiger partial charge >= 0.3 is 0 Å². The van der Waals surface area contributed by atoms with Crippen molar-refractivity contribution in [3.8, 4) is 0 Å². The van der Waals surface area contributed by atoms with Crippen molar-refractivity contribution in [1.82, 2.24) is 9.55 Å². The fourth-order valence-corrected chi connectivity index (χ4v) is 0.919. The van der Waals surface area contributed by atoms with Crippen molar-refractivity contribution in [2.45, 2.75) is 20.3 Å². The molecule has 0 aliphatic carbocycles. The minimum Gasteiger partial charge on any atom is -0.278 e. The fourth-order valence-electron chi connectivity index (χ4n) is 0.919. The van der Waals surface area contributed by atoms with Gasteiger partial charge in [0, 0.05) is 12.6 Å². The molecule has 1 rings (SSSR count). The Labute approximate surface area is 59.7 Å². The highest BCUT2D eigenvalue weighted by atomic mass is 16.1. The largest absolute Gasteiger partial charge is 0.278 e. The first kappa shape index (κ1) is 6.99. The molecule has 0 aromatic carbocycles. The summed E-state index contributed by atoms with van der Waals surface area (Å²) in [6, 6.07) is 0. The van der Waals surface area contributed by atoms with Gasteiger partial charge in [-0.15, -0.1) is 0 Å². The first-order valence-electron chi connectivity index (χ1n) is 3.27. The van der Waals surface area contributed by atoms with E-state index >= 15 is 0 Å². The monoisotopic (exact) mass is 138 g/mol. The topological polar surface area (TPSA) is 34.9 Å². The number of nitrogens with zero attached hydrogens (tertiary/aromatic N) is 2. The molecule has 54 valence electrons. The van der Waals surface area contributed by atoms with E-state index < -0.39 is 0 Å². The van der Waals surface area contributed by atoms with Crippen LogP contribution in [-0.2, 0) is 11.2 Å². The molecule has 0 radical (unpaired) electrons. The number of carbonyl (C=O) groups excluding carboxylic acids is 1. The van der Waals surface area contributed by atoms with Gasteiger partial charge in [0.1, 0.15) is 5.82 Å². The Morgan fingerprint density at radius 1 is 1.80 bits per heavy atom. The van der Waals surface area contributed by atoms with Crippen LogP contribution >= 0.6 is 0 Å². The van der Waals surface area contributed by atoms with Gasteiger partial charge in [-0.05, 0) is 6.92 Å². The van der Waals surface area contributed by atoms with Gasteiger partial charge < -0.3 is 0 Å². The summed E-state index contributed by atoms with van der Waals surface area (Å²) in [5.74, 6) is 0.826. The van der Waals surface area contributed by atoms with Gasteiger partial charge in [0.05, 0.1) is 5.69 Å². The summed E-state index contributed by atoms with van der Waals surface area (Å²) in [4.78, 5) is 14.5. The van der Waals surface area contributed by atoms with Crippen LogP contribution in [0.3, 0.4) is 0 Å². The quantitative estimate of drug-likeness (QED) is 0.566. The molecule has 0 N–H and O–H groups in total. The Balaban J connectivity index is 3.08. The number of hydrogen-bond donors (Lipinski definition) is 0. The number of rotatable bonds is 2. The lowest BCUT2D eigenvalue weighted by molar-refractivity contribution is 0.545. The third kappa shape index (κ3) is 1.07. The Morgan fingerprint density at radius 2 is 2.50 bits per heavy atom. The normalized spacial score (nSPS) is 9.80. The number of aromatic nitrogens is 2. The molecule has 0 amide bonds. The zero-order valence-corrected chi connectivity index (χ0v) is 6.16. The Bertz CT molecular complexity index is 240. The lowest BCUT2D eigenvalue weighted by Gasteiger charge is -1.91. The van der Waals surface area contributed by atoms with E-state index in [1.807, 2.05) is 13.8 Å². The molecule has 3 heteroatoms. The molecule has 0 bridgehead atoms. The summed E-state index contributed by atoms with van der Waals surface area (Å²) < 4.78 is 1.51. The van der Waals surface area contributed by atoms with E-state index in [4.69, 9.17) is 0 Å². The molecular weight excluding hydrogens is 128 g/mol. The van der Waals surface area contributed by atoms with Crippen LogP contribution in [0.1, 0.15) is 18.4 Å². The molecule has 1 aromatic rings. The van der Waals surface area contributed by atoms with Crippen molar-refractivity contribution in [3.05, 3.63) is 17.7 Å². The van der Waals surface area contributed by atoms with Gasteiger partial charge in [-0.3, -0.25) is 9.36 Å². The van der Waals surface area contributed by atoms with Gasteiger partial charge in [0.15, 0.2) is 0 Å². The van der Waals surface area contributed by atoms with Crippen LogP contribution in [0.15, 0.2) is 6.20 Å². The summed E-state index contributed by atoms with van der Waals surface area (Å²) in [7, 11) is 0. The van der Waals surface area contributed by atoms with Crippen molar-refractivity contribution >= 4 is 6.41 Å². The molecule has 0 aliphatic heterocycles. The van der Waals surface area contributed by atoms with E-state index in [9.17, 15) is 4.79 Å². The van der Waals surface area contributed by atoms with Crippen LogP contribution < -0.4 is 0 Å². The molecule has 1 aromatic heterocycles. The second-order valence-corrected chi connectivity index (χ2v) is 2.16. The zero-order valence-electron chi connectivity index (χ0n) is 6.16. The highest BCUT2D eigenvalue weighted by Crippen LogP contribution is 1.99. The SMILES string of the molecule is CCc1nc(C)cn1C=O. The number of hydrogen-bond acceptors (Lipinski definition) is 2. The van der Waals surface area contributed by atoms with Crippen molar-refractivity contribution in [3.63, 3.8) is 0 Å². The van der Waals surface area contributed by atoms with Crippen molar-refractivity contribution in [2.75, 3.05) is 0 Å². The van der Waals surface area contributed by atoms with Gasteiger partial charge in [0.2, 0.25) is 6.41 Å². The maximum atomic E-state index is 10.3. The highest BCUT2D eigenvalue weighted by Gasteiger charge is 1.99. The lowest BCUT2D eigenvalue weighted by Crippen LogP contribution is -1.98. The zero-order chi connectivity index (χ0) is 7.56. The number of carbonyl (C=O) groups is 1. The summed E-state index contributed by atoms with van der Waals surface area (Å²) >= 11 is 0. The summed E-state index contributed by atoms with van der Waals surface area (Å²) in [5.41, 5.74) is 0.893. The first-order chi connectivity index (χ1) is 4.77.